The number of alkyl halides is 3. The summed E-state index contributed by atoms with van der Waals surface area (Å²) in [6.07, 6.45) is -4.18. The Bertz CT molecular complexity index is 1290. The van der Waals surface area contributed by atoms with Crippen LogP contribution in [-0.4, -0.2) is 60.7 Å². The zero-order valence-corrected chi connectivity index (χ0v) is 19.5. The van der Waals surface area contributed by atoms with E-state index in [0.29, 0.717) is 18.6 Å². The van der Waals surface area contributed by atoms with E-state index in [9.17, 15) is 40.0 Å². The Morgan fingerprint density at radius 2 is 1.89 bits per heavy atom. The Kier molecular flexibility index (Phi) is 6.43. The highest BCUT2D eigenvalue weighted by Gasteiger charge is 2.53. The first-order valence-corrected chi connectivity index (χ1v) is 12.6. The van der Waals surface area contributed by atoms with Gasteiger partial charge in [0.15, 0.2) is 27.0 Å². The van der Waals surface area contributed by atoms with E-state index >= 15 is 0 Å². The van der Waals surface area contributed by atoms with Crippen molar-refractivity contribution < 1.29 is 44.5 Å². The normalized spacial score (nSPS) is 23.5. The summed E-state index contributed by atoms with van der Waals surface area (Å²) in [5.74, 6) is -6.64. The number of hydrogen-bond acceptors (Lipinski definition) is 8. The van der Waals surface area contributed by atoms with Crippen LogP contribution in [0.5, 0.6) is 0 Å². The molecule has 0 saturated carbocycles. The standard InChI is InChI=1S/C20H20F5N5O5S/c1-36(33,34)11-8-12(21)15(13(22)9-11)28-19(16-27-17(35-29-16)20(23,24)25)4-2-6-30(18(19)32)10-3-5-26-14(31)7-10/h8-10,28H,2-7H2,1H3,(H,26,31)/t10-,19+/m0/s1. The van der Waals surface area contributed by atoms with Gasteiger partial charge in [0, 0.05) is 31.8 Å². The monoisotopic (exact) mass is 537 g/mol. The van der Waals surface area contributed by atoms with Crippen molar-refractivity contribution in [1.29, 1.82) is 0 Å². The van der Waals surface area contributed by atoms with Crippen molar-refractivity contribution in [2.24, 2.45) is 0 Å². The summed E-state index contributed by atoms with van der Waals surface area (Å²) in [5.41, 5.74) is -3.26. The topological polar surface area (TPSA) is 134 Å². The van der Waals surface area contributed by atoms with Gasteiger partial charge in [-0.05, 0) is 31.4 Å². The number of anilines is 1. The molecule has 0 aliphatic carbocycles. The first-order valence-electron chi connectivity index (χ1n) is 10.7. The second-order valence-corrected chi connectivity index (χ2v) is 10.6. The third-order valence-corrected chi connectivity index (χ3v) is 7.16. The molecule has 2 atom stereocenters. The van der Waals surface area contributed by atoms with Crippen LogP contribution >= 0.6 is 0 Å². The van der Waals surface area contributed by atoms with Gasteiger partial charge in [-0.1, -0.05) is 5.16 Å². The smallest absolute Gasteiger partial charge is 0.360 e. The van der Waals surface area contributed by atoms with Crippen molar-refractivity contribution in [3.05, 3.63) is 35.5 Å². The maximum atomic E-state index is 14.9. The van der Waals surface area contributed by atoms with Gasteiger partial charge >= 0.3 is 12.1 Å². The molecule has 16 heteroatoms. The summed E-state index contributed by atoms with van der Waals surface area (Å²) >= 11 is 0. The molecule has 10 nitrogen and oxygen atoms in total. The fourth-order valence-corrected chi connectivity index (χ4v) is 4.97. The van der Waals surface area contributed by atoms with E-state index < -0.39 is 67.4 Å². The van der Waals surface area contributed by atoms with Gasteiger partial charge < -0.3 is 20.1 Å². The molecular weight excluding hydrogens is 517 g/mol. The van der Waals surface area contributed by atoms with Crippen LogP contribution in [0, 0.1) is 11.6 Å². The zero-order valence-electron chi connectivity index (χ0n) is 18.7. The van der Waals surface area contributed by atoms with E-state index in [4.69, 9.17) is 0 Å². The number of nitrogens with zero attached hydrogens (tertiary/aromatic N) is 3. The number of piperidine rings is 2. The molecule has 0 radical (unpaired) electrons. The van der Waals surface area contributed by atoms with Crippen LogP contribution in [-0.2, 0) is 31.1 Å². The molecule has 1 aromatic heterocycles. The predicted octanol–water partition coefficient (Wildman–Crippen LogP) is 1.98. The van der Waals surface area contributed by atoms with Gasteiger partial charge in [0.25, 0.3) is 5.91 Å². The number of sulfone groups is 1. The van der Waals surface area contributed by atoms with E-state index in [0.717, 1.165) is 6.26 Å². The molecule has 0 spiro atoms. The Labute approximate surface area is 201 Å². The minimum atomic E-state index is -5.06. The molecule has 2 aliphatic rings. The molecule has 0 bridgehead atoms. The quantitative estimate of drug-likeness (QED) is 0.553. The average molecular weight is 537 g/mol. The van der Waals surface area contributed by atoms with E-state index in [1.165, 1.54) is 4.90 Å². The number of rotatable bonds is 5. The second kappa shape index (κ2) is 8.97. The molecule has 4 rings (SSSR count). The van der Waals surface area contributed by atoms with Crippen LogP contribution in [0.4, 0.5) is 27.6 Å². The number of amides is 2. The van der Waals surface area contributed by atoms with Gasteiger partial charge in [-0.15, -0.1) is 0 Å². The highest BCUT2D eigenvalue weighted by molar-refractivity contribution is 7.90. The Morgan fingerprint density at radius 1 is 1.22 bits per heavy atom. The Hall–Kier alpha value is -3.30. The highest BCUT2D eigenvalue weighted by Crippen LogP contribution is 2.40. The minimum Gasteiger partial charge on any atom is -0.360 e. The number of halogens is 5. The molecule has 2 aromatic rings. The summed E-state index contributed by atoms with van der Waals surface area (Å²) < 4.78 is 97.1. The predicted molar refractivity (Wildman–Crippen MR) is 111 cm³/mol. The second-order valence-electron chi connectivity index (χ2n) is 8.58. The van der Waals surface area contributed by atoms with Gasteiger partial charge in [-0.3, -0.25) is 9.59 Å². The lowest BCUT2D eigenvalue weighted by molar-refractivity contribution is -0.159. The summed E-state index contributed by atoms with van der Waals surface area (Å²) in [6, 6.07) is 0.411. The maximum absolute atomic E-state index is 14.9. The minimum absolute atomic E-state index is 0.0758. The van der Waals surface area contributed by atoms with Gasteiger partial charge in [0.2, 0.25) is 11.7 Å². The number of carbonyl (C=O) groups excluding carboxylic acids is 2. The zero-order chi connectivity index (χ0) is 26.5. The number of aromatic nitrogens is 2. The van der Waals surface area contributed by atoms with Crippen molar-refractivity contribution in [3.8, 4) is 0 Å². The Morgan fingerprint density at radius 3 is 2.44 bits per heavy atom. The van der Waals surface area contributed by atoms with Crippen molar-refractivity contribution >= 4 is 27.3 Å². The maximum Gasteiger partial charge on any atom is 0.471 e. The molecule has 1 aromatic carbocycles. The number of hydrogen-bond donors (Lipinski definition) is 2. The SMILES string of the molecule is CS(=O)(=O)c1cc(F)c(N[C@@]2(c3noc(C(F)(F)F)n3)CCCN([C@H]3CCNC(=O)C3)C2=O)c(F)c1. The summed E-state index contributed by atoms with van der Waals surface area (Å²) in [4.78, 5) is 29.5. The molecule has 196 valence electrons. The summed E-state index contributed by atoms with van der Waals surface area (Å²) in [7, 11) is -4.00. The summed E-state index contributed by atoms with van der Waals surface area (Å²) in [6.45, 7) is 0.381. The fourth-order valence-electron chi connectivity index (χ4n) is 4.34. The molecule has 2 fully saturated rings. The number of nitrogens with one attached hydrogen (secondary N) is 2. The lowest BCUT2D eigenvalue weighted by Gasteiger charge is -2.44. The third kappa shape index (κ3) is 4.73. The fraction of sp³-hybridized carbons (Fsp3) is 0.500. The van der Waals surface area contributed by atoms with Gasteiger partial charge in [0.05, 0.1) is 4.90 Å². The number of likely N-dealkylation sites (tertiary alicyclic amines) is 1. The highest BCUT2D eigenvalue weighted by atomic mass is 32.2. The molecule has 2 saturated heterocycles. The van der Waals surface area contributed by atoms with E-state index in [-0.39, 0.29) is 38.3 Å². The lowest BCUT2D eigenvalue weighted by Crippen LogP contribution is -2.60. The van der Waals surface area contributed by atoms with Crippen LogP contribution in [0.2, 0.25) is 0 Å². The van der Waals surface area contributed by atoms with Crippen LogP contribution in [0.25, 0.3) is 0 Å². The van der Waals surface area contributed by atoms with Gasteiger partial charge in [0.1, 0.15) is 5.69 Å². The Balaban J connectivity index is 1.82. The van der Waals surface area contributed by atoms with E-state index in [2.05, 4.69) is 25.3 Å². The molecule has 2 amide bonds. The number of benzene rings is 1. The molecule has 36 heavy (non-hydrogen) atoms. The van der Waals surface area contributed by atoms with Crippen molar-refractivity contribution in [1.82, 2.24) is 20.4 Å². The molecule has 3 heterocycles. The van der Waals surface area contributed by atoms with Crippen molar-refractivity contribution in [3.63, 3.8) is 0 Å². The molecule has 2 aliphatic heterocycles. The first kappa shape index (κ1) is 25.8. The molecular formula is C20H20F5N5O5S. The van der Waals surface area contributed by atoms with Crippen LogP contribution < -0.4 is 10.6 Å². The molecule has 2 N–H and O–H groups in total. The largest absolute Gasteiger partial charge is 0.471 e. The summed E-state index contributed by atoms with van der Waals surface area (Å²) in [5, 5.41) is 8.24. The van der Waals surface area contributed by atoms with E-state index in [1.54, 1.807) is 0 Å². The molecule has 0 unspecified atom stereocenters. The van der Waals surface area contributed by atoms with Crippen molar-refractivity contribution in [2.45, 2.75) is 48.3 Å². The van der Waals surface area contributed by atoms with Gasteiger partial charge in [-0.2, -0.15) is 18.2 Å². The van der Waals surface area contributed by atoms with Crippen LogP contribution in [0.15, 0.2) is 21.6 Å². The third-order valence-electron chi connectivity index (χ3n) is 6.07. The van der Waals surface area contributed by atoms with Gasteiger partial charge in [-0.25, -0.2) is 17.2 Å². The lowest BCUT2D eigenvalue weighted by atomic mass is 9.84. The van der Waals surface area contributed by atoms with Crippen molar-refractivity contribution in [2.75, 3.05) is 24.7 Å². The van der Waals surface area contributed by atoms with Crippen LogP contribution in [0.3, 0.4) is 0 Å². The average Bonchev–Trinajstić information content (AvgIpc) is 3.28. The first-order chi connectivity index (χ1) is 16.7. The van der Waals surface area contributed by atoms with Crippen LogP contribution in [0.1, 0.15) is 37.4 Å². The van der Waals surface area contributed by atoms with E-state index in [1.807, 2.05) is 0 Å². The number of carbonyl (C=O) groups is 2.